The van der Waals surface area contributed by atoms with E-state index < -0.39 is 16.6 Å². The Morgan fingerprint density at radius 1 is 1.19 bits per heavy atom. The zero-order valence-electron chi connectivity index (χ0n) is 24.3. The van der Waals surface area contributed by atoms with E-state index in [1.54, 1.807) is 6.08 Å². The quantitative estimate of drug-likeness (QED) is 0.162. The maximum Gasteiger partial charge on any atom is 0.331 e. The first-order chi connectivity index (χ1) is 20.6. The normalized spacial score (nSPS) is 40.5. The highest BCUT2D eigenvalue weighted by Crippen LogP contribution is 2.70. The summed E-state index contributed by atoms with van der Waals surface area (Å²) in [5.41, 5.74) is 1.88. The Labute approximate surface area is 263 Å². The van der Waals surface area contributed by atoms with Gasteiger partial charge in [0.2, 0.25) is 5.13 Å². The van der Waals surface area contributed by atoms with Gasteiger partial charge in [0.1, 0.15) is 18.0 Å². The van der Waals surface area contributed by atoms with Gasteiger partial charge in [-0.15, -0.1) is 0 Å². The van der Waals surface area contributed by atoms with Gasteiger partial charge in [0.25, 0.3) is 0 Å². The van der Waals surface area contributed by atoms with Crippen LogP contribution in [0.1, 0.15) is 64.7 Å². The van der Waals surface area contributed by atoms with Gasteiger partial charge in [-0.3, -0.25) is 10.2 Å². The zero-order valence-corrected chi connectivity index (χ0v) is 26.7. The summed E-state index contributed by atoms with van der Waals surface area (Å²) in [6.07, 6.45) is 8.94. The largest absolute Gasteiger partial charge is 0.462 e. The molecule has 4 saturated carbocycles. The lowest BCUT2D eigenvalue weighted by atomic mass is 9.41. The Morgan fingerprint density at radius 3 is 2.77 bits per heavy atom. The number of anilines is 1. The third kappa shape index (κ3) is 4.51. The molecule has 0 saturated heterocycles. The molecule has 3 N–H and O–H groups in total. The van der Waals surface area contributed by atoms with Crippen molar-refractivity contribution in [3.05, 3.63) is 35.9 Å². The predicted octanol–water partition coefficient (Wildman–Crippen LogP) is 5.35. The molecular weight excluding hydrogens is 634 g/mol. The summed E-state index contributed by atoms with van der Waals surface area (Å²) in [4.78, 5) is 28.7. The zero-order chi connectivity index (χ0) is 30.0. The minimum absolute atomic E-state index is 0.00717. The number of carbonyl (C=O) groups is 2. The first-order valence-electron chi connectivity index (χ1n) is 15.3. The van der Waals surface area contributed by atoms with Crippen molar-refractivity contribution in [2.45, 2.75) is 82.0 Å². The van der Waals surface area contributed by atoms with Crippen LogP contribution in [-0.2, 0) is 19.1 Å². The standard InChI is InChI=1S/C32H38BrN3O6S/c1-29-10-7-22-23(32(29,40)13-9-21(29)19-14-26(37)41-17-19)8-12-31(39)15-20(42-27(38)16-33)6-11-30(22,31)18-34-36-28-35-24-4-2-3-5-25(24)43-28/h2-5,14,18,20-23,39-40H,6-13,15-17H2,1H3,(H,35,36)/b34-18+. The number of aromatic nitrogens is 1. The minimum atomic E-state index is -1.14. The molecule has 8 atom stereocenters. The molecule has 1 aromatic carbocycles. The van der Waals surface area contributed by atoms with Gasteiger partial charge in [-0.1, -0.05) is 46.3 Å². The smallest absolute Gasteiger partial charge is 0.331 e. The fourth-order valence-electron chi connectivity index (χ4n) is 9.78. The molecule has 11 heteroatoms. The fourth-order valence-corrected chi connectivity index (χ4v) is 10.7. The van der Waals surface area contributed by atoms with E-state index in [9.17, 15) is 19.8 Å². The van der Waals surface area contributed by atoms with Crippen LogP contribution in [-0.4, -0.2) is 62.6 Å². The average Bonchev–Trinajstić information content (AvgIpc) is 3.67. The summed E-state index contributed by atoms with van der Waals surface area (Å²) in [6.45, 7) is 2.50. The Kier molecular flexibility index (Phi) is 7.26. The average molecular weight is 673 g/mol. The molecule has 1 aliphatic heterocycles. The number of nitrogens with zero attached hydrogens (tertiary/aromatic N) is 2. The first-order valence-corrected chi connectivity index (χ1v) is 17.3. The number of ether oxygens (including phenoxy) is 2. The molecule has 0 spiro atoms. The number of rotatable bonds is 6. The number of esters is 2. The van der Waals surface area contributed by atoms with E-state index in [4.69, 9.17) is 14.6 Å². The molecule has 9 nitrogen and oxygen atoms in total. The maximum absolute atomic E-state index is 12.7. The lowest BCUT2D eigenvalue weighted by Gasteiger charge is -2.65. The van der Waals surface area contributed by atoms with Crippen LogP contribution in [0.2, 0.25) is 0 Å². The number of para-hydroxylation sites is 1. The van der Waals surface area contributed by atoms with Crippen molar-refractivity contribution >= 4 is 60.8 Å². The number of nitrogens with one attached hydrogen (secondary N) is 1. The van der Waals surface area contributed by atoms with Crippen molar-refractivity contribution in [2.75, 3.05) is 17.4 Å². The van der Waals surface area contributed by atoms with Crippen molar-refractivity contribution in [3.8, 4) is 0 Å². The number of alkyl halides is 1. The maximum atomic E-state index is 12.7. The van der Waals surface area contributed by atoms with E-state index in [1.807, 2.05) is 30.5 Å². The second-order valence-electron chi connectivity index (χ2n) is 13.5. The lowest BCUT2D eigenvalue weighted by molar-refractivity contribution is -0.238. The number of hydrazone groups is 1. The summed E-state index contributed by atoms with van der Waals surface area (Å²) in [5.74, 6) is -0.573. The molecule has 43 heavy (non-hydrogen) atoms. The number of halogens is 1. The van der Waals surface area contributed by atoms with E-state index in [1.165, 1.54) is 11.3 Å². The number of cyclic esters (lactones) is 1. The Bertz CT molecular complexity index is 1480. The molecule has 0 radical (unpaired) electrons. The first kappa shape index (κ1) is 29.4. The van der Waals surface area contributed by atoms with Crippen molar-refractivity contribution in [1.82, 2.24) is 4.98 Å². The molecule has 4 fully saturated rings. The summed E-state index contributed by atoms with van der Waals surface area (Å²) in [6, 6.07) is 7.94. The predicted molar refractivity (Wildman–Crippen MR) is 167 cm³/mol. The number of aliphatic hydroxyl groups is 2. The van der Waals surface area contributed by atoms with Crippen LogP contribution >= 0.6 is 27.3 Å². The van der Waals surface area contributed by atoms with Crippen LogP contribution in [0.25, 0.3) is 10.2 Å². The molecule has 5 aliphatic rings. The number of hydrogen-bond donors (Lipinski definition) is 3. The number of fused-ring (bicyclic) bond motifs is 6. The molecule has 4 aliphatic carbocycles. The number of carbonyl (C=O) groups excluding carboxylic acids is 2. The topological polar surface area (TPSA) is 130 Å². The molecule has 2 aromatic rings. The molecular formula is C32H38BrN3O6S. The number of benzene rings is 1. The van der Waals surface area contributed by atoms with Crippen LogP contribution in [0.3, 0.4) is 0 Å². The third-order valence-corrected chi connectivity index (χ3v) is 13.2. The van der Waals surface area contributed by atoms with Crippen LogP contribution in [0, 0.1) is 28.6 Å². The fraction of sp³-hybridized carbons (Fsp3) is 0.625. The van der Waals surface area contributed by atoms with Gasteiger partial charge in [0.05, 0.1) is 21.4 Å². The molecule has 0 amide bonds. The van der Waals surface area contributed by atoms with Crippen LogP contribution in [0.4, 0.5) is 5.13 Å². The van der Waals surface area contributed by atoms with E-state index >= 15 is 0 Å². The van der Waals surface area contributed by atoms with Crippen LogP contribution < -0.4 is 5.43 Å². The molecule has 7 rings (SSSR count). The Morgan fingerprint density at radius 2 is 2.00 bits per heavy atom. The highest BCUT2D eigenvalue weighted by molar-refractivity contribution is 9.09. The Hall–Kier alpha value is -2.34. The summed E-state index contributed by atoms with van der Waals surface area (Å²) >= 11 is 4.72. The second-order valence-corrected chi connectivity index (χ2v) is 15.1. The van der Waals surface area contributed by atoms with E-state index in [2.05, 4.69) is 33.3 Å². The SMILES string of the molecule is CC12CCC3C(CCC4(O)CC(OC(=O)CBr)CCC34/C=N/Nc3nc4ccccc4s3)C1(O)CCC2C1=CC(=O)OC1. The van der Waals surface area contributed by atoms with Gasteiger partial charge < -0.3 is 19.7 Å². The second kappa shape index (κ2) is 10.6. The molecule has 1 aromatic heterocycles. The monoisotopic (exact) mass is 671 g/mol. The van der Waals surface area contributed by atoms with Gasteiger partial charge in [0.15, 0.2) is 0 Å². The van der Waals surface area contributed by atoms with E-state index in [0.29, 0.717) is 50.3 Å². The highest BCUT2D eigenvalue weighted by Gasteiger charge is 2.71. The van der Waals surface area contributed by atoms with E-state index in [0.717, 1.165) is 35.1 Å². The van der Waals surface area contributed by atoms with Crippen molar-refractivity contribution < 1.29 is 29.3 Å². The van der Waals surface area contributed by atoms with Crippen molar-refractivity contribution in [2.24, 2.45) is 33.7 Å². The number of hydrogen-bond acceptors (Lipinski definition) is 10. The van der Waals surface area contributed by atoms with Gasteiger partial charge in [-0.25, -0.2) is 9.78 Å². The van der Waals surface area contributed by atoms with Gasteiger partial charge in [-0.2, -0.15) is 5.10 Å². The van der Waals surface area contributed by atoms with Crippen LogP contribution in [0.5, 0.6) is 0 Å². The third-order valence-electron chi connectivity index (χ3n) is 11.8. The summed E-state index contributed by atoms with van der Waals surface area (Å²) < 4.78 is 12.1. The molecule has 0 bridgehead atoms. The highest BCUT2D eigenvalue weighted by atomic mass is 79.9. The van der Waals surface area contributed by atoms with Gasteiger partial charge >= 0.3 is 11.9 Å². The van der Waals surface area contributed by atoms with Crippen LogP contribution in [0.15, 0.2) is 41.0 Å². The van der Waals surface area contributed by atoms with Crippen molar-refractivity contribution in [3.63, 3.8) is 0 Å². The summed E-state index contributed by atoms with van der Waals surface area (Å²) in [7, 11) is 0. The molecule has 230 valence electrons. The van der Waals surface area contributed by atoms with E-state index in [-0.39, 0.29) is 46.5 Å². The molecule has 8 unspecified atom stereocenters. The molecule has 2 heterocycles. The van der Waals surface area contributed by atoms with Gasteiger partial charge in [-0.05, 0) is 86.8 Å². The van der Waals surface area contributed by atoms with Crippen molar-refractivity contribution in [1.29, 1.82) is 0 Å². The minimum Gasteiger partial charge on any atom is -0.462 e. The van der Waals surface area contributed by atoms with Gasteiger partial charge in [0, 0.05) is 29.5 Å². The summed E-state index contributed by atoms with van der Waals surface area (Å²) in [5, 5.41) is 30.7. The Balaban J connectivity index is 1.22. The lowest BCUT2D eigenvalue weighted by Crippen LogP contribution is -2.69. The number of thiazole rings is 1.